The van der Waals surface area contributed by atoms with Gasteiger partial charge in [-0.05, 0) is 36.8 Å². The molecule has 3 heteroatoms. The highest BCUT2D eigenvalue weighted by Gasteiger charge is 2.18. The van der Waals surface area contributed by atoms with Crippen molar-refractivity contribution in [2.45, 2.75) is 20.4 Å². The van der Waals surface area contributed by atoms with E-state index in [9.17, 15) is 0 Å². The molecular formula is C16H16NOS+. The van der Waals surface area contributed by atoms with Crippen LogP contribution >= 0.6 is 11.3 Å². The van der Waals surface area contributed by atoms with Crippen LogP contribution in [0.2, 0.25) is 0 Å². The normalized spacial score (nSPS) is 11.7. The molecule has 3 rings (SSSR count). The summed E-state index contributed by atoms with van der Waals surface area (Å²) in [7, 11) is 0. The molecule has 1 aromatic carbocycles. The van der Waals surface area contributed by atoms with Crippen LogP contribution in [0.25, 0.3) is 22.6 Å². The maximum Gasteiger partial charge on any atom is 0.265 e. The van der Waals surface area contributed by atoms with Crippen molar-refractivity contribution in [1.29, 1.82) is 0 Å². The molecule has 2 nitrogen and oxygen atoms in total. The van der Waals surface area contributed by atoms with Crippen molar-refractivity contribution in [3.8, 4) is 0 Å². The van der Waals surface area contributed by atoms with Crippen molar-refractivity contribution in [2.24, 2.45) is 0 Å². The Morgan fingerprint density at radius 2 is 1.95 bits per heavy atom. The van der Waals surface area contributed by atoms with Crippen LogP contribution in [0.15, 0.2) is 41.0 Å². The molecule has 0 atom stereocenters. The molecule has 0 unspecified atom stereocenters. The quantitative estimate of drug-likeness (QED) is 0.649. The summed E-state index contributed by atoms with van der Waals surface area (Å²) < 4.78 is 7.74. The second-order valence-corrected chi connectivity index (χ2v) is 5.52. The predicted molar refractivity (Wildman–Crippen MR) is 80.1 cm³/mol. The van der Waals surface area contributed by atoms with Crippen LogP contribution in [0.1, 0.15) is 23.1 Å². The van der Waals surface area contributed by atoms with Gasteiger partial charge in [-0.25, -0.2) is 0 Å². The standard InChI is InChI=1S/C16H16NOS/c1-3-17-14-10-11-18-16(14)19-15(17)9-8-13-6-4-12(2)5-7-13/h4-11H,3H2,1-2H3/q+1. The Morgan fingerprint density at radius 3 is 2.68 bits per heavy atom. The number of aryl methyl sites for hydroxylation is 2. The molecule has 2 heterocycles. The second kappa shape index (κ2) is 5.02. The van der Waals surface area contributed by atoms with E-state index in [-0.39, 0.29) is 0 Å². The molecule has 0 radical (unpaired) electrons. The van der Waals surface area contributed by atoms with Crippen molar-refractivity contribution in [2.75, 3.05) is 0 Å². The number of benzene rings is 1. The summed E-state index contributed by atoms with van der Waals surface area (Å²) in [6, 6.07) is 10.6. The van der Waals surface area contributed by atoms with Crippen LogP contribution in [-0.2, 0) is 6.54 Å². The van der Waals surface area contributed by atoms with E-state index in [0.29, 0.717) is 0 Å². The maximum absolute atomic E-state index is 5.47. The zero-order valence-corrected chi connectivity index (χ0v) is 11.9. The Labute approximate surface area is 116 Å². The van der Waals surface area contributed by atoms with Crippen LogP contribution in [0.3, 0.4) is 0 Å². The summed E-state index contributed by atoms with van der Waals surface area (Å²) in [4.78, 5) is 0.991. The first kappa shape index (κ1) is 12.2. The van der Waals surface area contributed by atoms with E-state index in [4.69, 9.17) is 4.42 Å². The third-order valence-electron chi connectivity index (χ3n) is 3.18. The molecule has 0 spiro atoms. The van der Waals surface area contributed by atoms with Gasteiger partial charge in [0, 0.05) is 6.08 Å². The molecule has 0 amide bonds. The number of fused-ring (bicyclic) bond motifs is 1. The van der Waals surface area contributed by atoms with Crippen LogP contribution < -0.4 is 4.57 Å². The number of hydrogen-bond acceptors (Lipinski definition) is 2. The SMILES string of the molecule is CC[n+]1c(C=Cc2ccc(C)cc2)sc2occc21. The largest absolute Gasteiger partial charge is 0.448 e. The van der Waals surface area contributed by atoms with Gasteiger partial charge in [0.2, 0.25) is 0 Å². The number of thiazole rings is 1. The third kappa shape index (κ3) is 2.34. The van der Waals surface area contributed by atoms with Crippen LogP contribution in [0.4, 0.5) is 0 Å². The molecule has 0 bridgehead atoms. The molecule has 0 saturated heterocycles. The van der Waals surface area contributed by atoms with Gasteiger partial charge in [0.25, 0.3) is 15.4 Å². The smallest absolute Gasteiger partial charge is 0.265 e. The number of rotatable bonds is 3. The first-order valence-corrected chi connectivity index (χ1v) is 7.24. The van der Waals surface area contributed by atoms with Gasteiger partial charge in [-0.2, -0.15) is 4.57 Å². The fourth-order valence-corrected chi connectivity index (χ4v) is 3.18. The minimum absolute atomic E-state index is 0.951. The highest BCUT2D eigenvalue weighted by Crippen LogP contribution is 2.22. The average molecular weight is 270 g/mol. The maximum atomic E-state index is 5.47. The number of hydrogen-bond donors (Lipinski definition) is 0. The lowest BCUT2D eigenvalue weighted by atomic mass is 10.1. The van der Waals surface area contributed by atoms with Crippen molar-refractivity contribution in [1.82, 2.24) is 0 Å². The van der Waals surface area contributed by atoms with E-state index in [1.807, 2.05) is 6.07 Å². The van der Waals surface area contributed by atoms with Crippen molar-refractivity contribution in [3.63, 3.8) is 0 Å². The summed E-state index contributed by atoms with van der Waals surface area (Å²) in [5, 5.41) is 1.22. The van der Waals surface area contributed by atoms with Crippen molar-refractivity contribution >= 4 is 33.9 Å². The Bertz CT molecular complexity index is 719. The molecule has 19 heavy (non-hydrogen) atoms. The molecular weight excluding hydrogens is 254 g/mol. The van der Waals surface area contributed by atoms with Gasteiger partial charge in [-0.15, -0.1) is 0 Å². The fourth-order valence-electron chi connectivity index (χ4n) is 2.13. The Kier molecular flexibility index (Phi) is 3.22. The first-order chi connectivity index (χ1) is 9.28. The Balaban J connectivity index is 1.96. The van der Waals surface area contributed by atoms with Gasteiger partial charge < -0.3 is 4.42 Å². The number of aromatic nitrogens is 1. The summed E-state index contributed by atoms with van der Waals surface area (Å²) in [6.07, 6.45) is 6.06. The molecule has 0 saturated carbocycles. The molecule has 3 aromatic rings. The molecule has 0 N–H and O–H groups in total. The van der Waals surface area contributed by atoms with E-state index in [1.165, 1.54) is 21.7 Å². The predicted octanol–water partition coefficient (Wildman–Crippen LogP) is 4.28. The zero-order valence-electron chi connectivity index (χ0n) is 11.1. The second-order valence-electron chi connectivity index (χ2n) is 4.52. The molecule has 96 valence electrons. The lowest BCUT2D eigenvalue weighted by Crippen LogP contribution is -2.33. The summed E-state index contributed by atoms with van der Waals surface area (Å²) in [6.45, 7) is 5.21. The van der Waals surface area contributed by atoms with Crippen molar-refractivity contribution in [3.05, 3.63) is 52.7 Å². The first-order valence-electron chi connectivity index (χ1n) is 6.42. The highest BCUT2D eigenvalue weighted by molar-refractivity contribution is 7.18. The highest BCUT2D eigenvalue weighted by atomic mass is 32.1. The molecule has 0 aliphatic carbocycles. The summed E-state index contributed by atoms with van der Waals surface area (Å²) >= 11 is 1.69. The number of furan rings is 1. The Hall–Kier alpha value is -1.87. The van der Waals surface area contributed by atoms with Gasteiger partial charge in [0.15, 0.2) is 0 Å². The van der Waals surface area contributed by atoms with Gasteiger partial charge in [0.05, 0.1) is 12.3 Å². The van der Waals surface area contributed by atoms with E-state index in [1.54, 1.807) is 17.6 Å². The van der Waals surface area contributed by atoms with Gasteiger partial charge in [0.1, 0.15) is 6.54 Å². The lowest BCUT2D eigenvalue weighted by molar-refractivity contribution is -0.665. The van der Waals surface area contributed by atoms with Crippen LogP contribution in [0.5, 0.6) is 0 Å². The fraction of sp³-hybridized carbons (Fsp3) is 0.188. The summed E-state index contributed by atoms with van der Waals surface area (Å²) in [5.74, 6) is 0. The minimum Gasteiger partial charge on any atom is -0.448 e. The van der Waals surface area contributed by atoms with Crippen LogP contribution in [-0.4, -0.2) is 0 Å². The summed E-state index contributed by atoms with van der Waals surface area (Å²) in [5.41, 5.74) is 3.68. The van der Waals surface area contributed by atoms with E-state index in [0.717, 1.165) is 11.4 Å². The number of nitrogens with zero attached hydrogens (tertiary/aromatic N) is 1. The van der Waals surface area contributed by atoms with Crippen molar-refractivity contribution < 1.29 is 8.98 Å². The molecule has 0 aliphatic rings. The van der Waals surface area contributed by atoms with E-state index >= 15 is 0 Å². The van der Waals surface area contributed by atoms with E-state index in [2.05, 4.69) is 54.8 Å². The van der Waals surface area contributed by atoms with Gasteiger partial charge in [-0.1, -0.05) is 29.8 Å². The van der Waals surface area contributed by atoms with E-state index < -0.39 is 0 Å². The lowest BCUT2D eigenvalue weighted by Gasteiger charge is -1.94. The monoisotopic (exact) mass is 270 g/mol. The molecule has 2 aromatic heterocycles. The zero-order chi connectivity index (χ0) is 13.2. The average Bonchev–Trinajstić information content (AvgIpc) is 2.98. The molecule has 0 aliphatic heterocycles. The Morgan fingerprint density at radius 1 is 1.16 bits per heavy atom. The topological polar surface area (TPSA) is 17.0 Å². The van der Waals surface area contributed by atoms with Gasteiger partial charge in [-0.3, -0.25) is 0 Å². The van der Waals surface area contributed by atoms with Gasteiger partial charge >= 0.3 is 0 Å². The third-order valence-corrected chi connectivity index (χ3v) is 4.23. The molecule has 0 fully saturated rings. The minimum atomic E-state index is 0.951. The van der Waals surface area contributed by atoms with Crippen LogP contribution in [0, 0.1) is 6.92 Å².